The van der Waals surface area contributed by atoms with E-state index < -0.39 is 24.0 Å². The minimum atomic E-state index is -1.02. The molecule has 2 atom stereocenters. The molecule has 2 aromatic carbocycles. The van der Waals surface area contributed by atoms with E-state index in [9.17, 15) is 19.5 Å². The maximum absolute atomic E-state index is 11.9. The molecule has 168 valence electrons. The lowest BCUT2D eigenvalue weighted by Crippen LogP contribution is -2.42. The van der Waals surface area contributed by atoms with Crippen LogP contribution in [0.25, 0.3) is 0 Å². The Morgan fingerprint density at radius 1 is 0.871 bits per heavy atom. The van der Waals surface area contributed by atoms with Crippen LogP contribution in [0.5, 0.6) is 0 Å². The highest BCUT2D eigenvalue weighted by atomic mass is 16.4. The third kappa shape index (κ3) is 11.5. The van der Waals surface area contributed by atoms with Crippen LogP contribution < -0.4 is 11.1 Å². The zero-order valence-corrected chi connectivity index (χ0v) is 18.0. The number of rotatable bonds is 10. The van der Waals surface area contributed by atoms with Crippen molar-refractivity contribution in [3.05, 3.63) is 71.8 Å². The molecule has 0 aliphatic rings. The van der Waals surface area contributed by atoms with E-state index in [-0.39, 0.29) is 18.7 Å². The van der Waals surface area contributed by atoms with Crippen LogP contribution in [0.1, 0.15) is 37.8 Å². The lowest BCUT2D eigenvalue weighted by molar-refractivity contribution is -0.141. The second-order valence-corrected chi connectivity index (χ2v) is 7.71. The van der Waals surface area contributed by atoms with Crippen LogP contribution in [0.4, 0.5) is 0 Å². The number of benzene rings is 2. The average Bonchev–Trinajstić information content (AvgIpc) is 2.73. The van der Waals surface area contributed by atoms with E-state index in [1.54, 1.807) is 0 Å². The van der Waals surface area contributed by atoms with Gasteiger partial charge in [0.25, 0.3) is 0 Å². The SMILES string of the molecule is CC(C)CC(N)C(=O)O.O=C(CCc1ccccc1)NC(Cc1ccccc1)C(=O)O. The van der Waals surface area contributed by atoms with Crippen molar-refractivity contribution in [1.29, 1.82) is 0 Å². The maximum Gasteiger partial charge on any atom is 0.326 e. The first-order valence-corrected chi connectivity index (χ1v) is 10.3. The highest BCUT2D eigenvalue weighted by molar-refractivity contribution is 5.83. The number of carboxylic acid groups (broad SMARTS) is 2. The van der Waals surface area contributed by atoms with Crippen molar-refractivity contribution < 1.29 is 24.6 Å². The van der Waals surface area contributed by atoms with E-state index in [0.29, 0.717) is 18.8 Å². The average molecular weight is 429 g/mol. The zero-order chi connectivity index (χ0) is 23.2. The van der Waals surface area contributed by atoms with Crippen molar-refractivity contribution in [3.63, 3.8) is 0 Å². The number of hydrogen-bond acceptors (Lipinski definition) is 4. The van der Waals surface area contributed by atoms with Crippen LogP contribution >= 0.6 is 0 Å². The van der Waals surface area contributed by atoms with Crippen LogP contribution in [0.3, 0.4) is 0 Å². The molecule has 31 heavy (non-hydrogen) atoms. The van der Waals surface area contributed by atoms with Crippen LogP contribution in [-0.4, -0.2) is 40.1 Å². The van der Waals surface area contributed by atoms with Crippen LogP contribution in [0, 0.1) is 5.92 Å². The molecule has 2 unspecified atom stereocenters. The molecule has 7 heteroatoms. The van der Waals surface area contributed by atoms with Gasteiger partial charge in [0.2, 0.25) is 5.91 Å². The first kappa shape index (κ1) is 25.8. The molecule has 2 aromatic rings. The van der Waals surface area contributed by atoms with E-state index in [4.69, 9.17) is 10.8 Å². The second kappa shape index (κ2) is 13.9. The molecule has 0 saturated heterocycles. The highest BCUT2D eigenvalue weighted by Crippen LogP contribution is 2.06. The van der Waals surface area contributed by atoms with Gasteiger partial charge in [-0.1, -0.05) is 74.5 Å². The predicted molar refractivity (Wildman–Crippen MR) is 120 cm³/mol. The van der Waals surface area contributed by atoms with Gasteiger partial charge in [-0.25, -0.2) is 4.79 Å². The molecule has 5 N–H and O–H groups in total. The second-order valence-electron chi connectivity index (χ2n) is 7.71. The van der Waals surface area contributed by atoms with Crippen molar-refractivity contribution in [2.45, 2.75) is 51.6 Å². The third-order valence-corrected chi connectivity index (χ3v) is 4.44. The van der Waals surface area contributed by atoms with Gasteiger partial charge in [0, 0.05) is 12.8 Å². The summed E-state index contributed by atoms with van der Waals surface area (Å²) in [6, 6.07) is 17.4. The maximum atomic E-state index is 11.9. The van der Waals surface area contributed by atoms with E-state index >= 15 is 0 Å². The summed E-state index contributed by atoms with van der Waals surface area (Å²) in [4.78, 5) is 33.4. The van der Waals surface area contributed by atoms with Gasteiger partial charge in [0.15, 0.2) is 0 Å². The van der Waals surface area contributed by atoms with Crippen LogP contribution in [0.2, 0.25) is 0 Å². The highest BCUT2D eigenvalue weighted by Gasteiger charge is 2.20. The topological polar surface area (TPSA) is 130 Å². The largest absolute Gasteiger partial charge is 0.480 e. The molecule has 0 fully saturated rings. The third-order valence-electron chi connectivity index (χ3n) is 4.44. The Bertz CT molecular complexity index is 809. The van der Waals surface area contributed by atoms with Crippen molar-refractivity contribution in [2.24, 2.45) is 11.7 Å². The van der Waals surface area contributed by atoms with Crippen LogP contribution in [-0.2, 0) is 27.2 Å². The molecule has 0 saturated carbocycles. The quantitative estimate of drug-likeness (QED) is 0.460. The molecule has 0 heterocycles. The molecule has 7 nitrogen and oxygen atoms in total. The Hall–Kier alpha value is -3.19. The zero-order valence-electron chi connectivity index (χ0n) is 18.0. The summed E-state index contributed by atoms with van der Waals surface area (Å²) >= 11 is 0. The fraction of sp³-hybridized carbons (Fsp3) is 0.375. The van der Waals surface area contributed by atoms with Gasteiger partial charge in [0.05, 0.1) is 0 Å². The van der Waals surface area contributed by atoms with Crippen molar-refractivity contribution in [1.82, 2.24) is 5.32 Å². The number of hydrogen-bond donors (Lipinski definition) is 4. The Kier molecular flexibility index (Phi) is 11.6. The number of aryl methyl sites for hydroxylation is 1. The number of carboxylic acids is 2. The van der Waals surface area contributed by atoms with Gasteiger partial charge in [0.1, 0.15) is 12.1 Å². The minimum Gasteiger partial charge on any atom is -0.480 e. The molecule has 0 aliphatic heterocycles. The summed E-state index contributed by atoms with van der Waals surface area (Å²) in [6.07, 6.45) is 1.72. The summed E-state index contributed by atoms with van der Waals surface area (Å²) in [5.74, 6) is -1.82. The van der Waals surface area contributed by atoms with E-state index in [2.05, 4.69) is 5.32 Å². The summed E-state index contributed by atoms with van der Waals surface area (Å²) in [6.45, 7) is 3.89. The summed E-state index contributed by atoms with van der Waals surface area (Å²) in [7, 11) is 0. The molecule has 0 aliphatic carbocycles. The van der Waals surface area contributed by atoms with Crippen molar-refractivity contribution >= 4 is 17.8 Å². The summed E-state index contributed by atoms with van der Waals surface area (Å²) < 4.78 is 0. The number of nitrogens with two attached hydrogens (primary N) is 1. The van der Waals surface area contributed by atoms with E-state index in [1.807, 2.05) is 74.5 Å². The lowest BCUT2D eigenvalue weighted by Gasteiger charge is -2.14. The Morgan fingerprint density at radius 2 is 1.39 bits per heavy atom. The van der Waals surface area contributed by atoms with E-state index in [1.165, 1.54) is 0 Å². The van der Waals surface area contributed by atoms with Gasteiger partial charge >= 0.3 is 11.9 Å². The summed E-state index contributed by atoms with van der Waals surface area (Å²) in [5, 5.41) is 20.2. The first-order valence-electron chi connectivity index (χ1n) is 10.3. The van der Waals surface area contributed by atoms with Gasteiger partial charge in [-0.05, 0) is 29.9 Å². The standard InChI is InChI=1S/C18H19NO3.C6H13NO2/c20-17(12-11-14-7-3-1-4-8-14)19-16(18(21)22)13-15-9-5-2-6-10-15;1-4(2)3-5(7)6(8)9/h1-10,16H,11-13H2,(H,19,20)(H,21,22);4-5H,3,7H2,1-2H3,(H,8,9). The number of aliphatic carboxylic acids is 2. The first-order chi connectivity index (χ1) is 14.7. The molecule has 0 aromatic heterocycles. The molecule has 0 bridgehead atoms. The molecule has 0 spiro atoms. The molecular weight excluding hydrogens is 396 g/mol. The van der Waals surface area contributed by atoms with Crippen molar-refractivity contribution in [2.75, 3.05) is 0 Å². The predicted octanol–water partition coefficient (Wildman–Crippen LogP) is 2.88. The minimum absolute atomic E-state index is 0.243. The monoisotopic (exact) mass is 428 g/mol. The molecule has 2 rings (SSSR count). The normalized spacial score (nSPS) is 12.3. The van der Waals surface area contributed by atoms with Crippen molar-refractivity contribution in [3.8, 4) is 0 Å². The summed E-state index contributed by atoms with van der Waals surface area (Å²) in [5.41, 5.74) is 7.17. The number of carbonyl (C=O) groups is 3. The fourth-order valence-electron chi connectivity index (χ4n) is 2.83. The molecular formula is C24H32N2O5. The van der Waals surface area contributed by atoms with E-state index in [0.717, 1.165) is 11.1 Å². The molecule has 0 radical (unpaired) electrons. The smallest absolute Gasteiger partial charge is 0.326 e. The Labute approximate surface area is 183 Å². The van der Waals surface area contributed by atoms with Gasteiger partial charge < -0.3 is 21.3 Å². The van der Waals surface area contributed by atoms with Gasteiger partial charge in [-0.15, -0.1) is 0 Å². The number of nitrogens with one attached hydrogen (secondary N) is 1. The number of amides is 1. The van der Waals surface area contributed by atoms with Gasteiger partial charge in [-0.3, -0.25) is 9.59 Å². The number of carbonyl (C=O) groups excluding carboxylic acids is 1. The lowest BCUT2D eigenvalue weighted by atomic mass is 10.1. The Morgan fingerprint density at radius 3 is 1.81 bits per heavy atom. The molecule has 1 amide bonds. The van der Waals surface area contributed by atoms with Crippen LogP contribution in [0.15, 0.2) is 60.7 Å². The fourth-order valence-corrected chi connectivity index (χ4v) is 2.83. The Balaban J connectivity index is 0.000000452. The van der Waals surface area contributed by atoms with Gasteiger partial charge in [-0.2, -0.15) is 0 Å².